The molecule has 0 aliphatic heterocycles. The molecule has 3 nitrogen and oxygen atoms in total. The minimum atomic E-state index is -4.75. The Bertz CT molecular complexity index is 312. The molecule has 0 heterocycles. The molecule has 0 rings (SSSR count). The summed E-state index contributed by atoms with van der Waals surface area (Å²) in [4.78, 5) is 35.0. The zero-order valence-corrected chi connectivity index (χ0v) is 17.6. The van der Waals surface area contributed by atoms with E-state index in [9.17, 15) is 14.7 Å². The molecule has 0 spiro atoms. The summed E-state index contributed by atoms with van der Waals surface area (Å²) >= 11 is 0. The van der Waals surface area contributed by atoms with Gasteiger partial charge in [-0.3, -0.25) is 0 Å². The zero-order chi connectivity index (χ0) is 16.6. The third-order valence-electron chi connectivity index (χ3n) is 7.66. The second kappa shape index (κ2) is 5.36. The van der Waals surface area contributed by atoms with Gasteiger partial charge < -0.3 is 0 Å². The summed E-state index contributed by atoms with van der Waals surface area (Å²) in [7, 11) is 0. The minimum absolute atomic E-state index is 0.714. The first-order valence-electron chi connectivity index (χ1n) is 8.03. The Hall–Kier alpha value is 1.17. The molecule has 20 heavy (non-hydrogen) atoms. The van der Waals surface area contributed by atoms with Crippen LogP contribution in [0.2, 0.25) is 0 Å². The van der Waals surface area contributed by atoms with E-state index in [1.165, 1.54) is 0 Å². The molecule has 0 aliphatic rings. The maximum atomic E-state index is 11.7. The molecule has 0 amide bonds. The van der Waals surface area contributed by atoms with Crippen LogP contribution in [0.3, 0.4) is 0 Å². The van der Waals surface area contributed by atoms with E-state index in [2.05, 4.69) is 13.3 Å². The SMILES string of the molecule is CCP(C)(CC)(CC)P(O)(O)(O)P(C)(CC)(CC)CC. The molecule has 0 atom stereocenters. The topological polar surface area (TPSA) is 60.7 Å². The van der Waals surface area contributed by atoms with Crippen LogP contribution in [0.5, 0.6) is 0 Å². The van der Waals surface area contributed by atoms with Crippen molar-refractivity contribution in [3.63, 3.8) is 0 Å². The zero-order valence-electron chi connectivity index (χ0n) is 14.9. The summed E-state index contributed by atoms with van der Waals surface area (Å²) < 4.78 is 0. The maximum absolute atomic E-state index is 11.7. The predicted molar refractivity (Wildman–Crippen MR) is 103 cm³/mol. The molecule has 3 N–H and O–H groups in total. The molecular weight excluding hydrogens is 309 g/mol. The summed E-state index contributed by atoms with van der Waals surface area (Å²) in [6.07, 6.45) is -1.68. The van der Waals surface area contributed by atoms with Crippen LogP contribution in [0.15, 0.2) is 0 Å². The number of hydrogen-bond donors (Lipinski definition) is 3. The summed E-state index contributed by atoms with van der Waals surface area (Å²) in [6.45, 7) is 11.6. The van der Waals surface area contributed by atoms with E-state index in [0.717, 1.165) is 0 Å². The molecule has 0 fully saturated rings. The summed E-state index contributed by atoms with van der Waals surface area (Å²) in [6, 6.07) is 0. The summed E-state index contributed by atoms with van der Waals surface area (Å²) in [5.74, 6) is 0. The van der Waals surface area contributed by atoms with Crippen molar-refractivity contribution >= 4 is 19.2 Å². The van der Waals surface area contributed by atoms with Gasteiger partial charge >= 0.3 is 126 Å². The fourth-order valence-corrected chi connectivity index (χ4v) is 48.0. The monoisotopic (exact) mass is 348 g/mol. The molecule has 6 heteroatoms. The normalized spacial score (nSPS) is 20.2. The van der Waals surface area contributed by atoms with E-state index < -0.39 is 19.2 Å². The average Bonchev–Trinajstić information content (AvgIpc) is 2.44. The second-order valence-corrected chi connectivity index (χ2v) is 34.7. The molecule has 0 bridgehead atoms. The summed E-state index contributed by atoms with van der Waals surface area (Å²) in [5, 5.41) is 0. The molecule has 0 aromatic carbocycles. The van der Waals surface area contributed by atoms with Crippen LogP contribution >= 0.6 is 19.2 Å². The van der Waals surface area contributed by atoms with E-state index in [4.69, 9.17) is 0 Å². The van der Waals surface area contributed by atoms with Crippen LogP contribution in [0.4, 0.5) is 0 Å². The van der Waals surface area contributed by atoms with Crippen molar-refractivity contribution in [3.05, 3.63) is 0 Å². The van der Waals surface area contributed by atoms with Crippen molar-refractivity contribution in [2.75, 3.05) is 50.3 Å². The molecule has 0 aromatic rings. The molecule has 0 saturated heterocycles. The van der Waals surface area contributed by atoms with Gasteiger partial charge in [0.2, 0.25) is 0 Å². The van der Waals surface area contributed by atoms with Gasteiger partial charge in [0, 0.05) is 0 Å². The Labute approximate surface area is 126 Å². The third kappa shape index (κ3) is 1.94. The number of rotatable bonds is 8. The molecule has 0 radical (unpaired) electrons. The molecule has 0 unspecified atom stereocenters. The second-order valence-electron chi connectivity index (χ2n) is 7.28. The van der Waals surface area contributed by atoms with Crippen LogP contribution in [-0.2, 0) is 0 Å². The van der Waals surface area contributed by atoms with E-state index in [0.29, 0.717) is 37.0 Å². The molecule has 128 valence electrons. The van der Waals surface area contributed by atoms with Crippen molar-refractivity contribution < 1.29 is 14.7 Å². The summed E-state index contributed by atoms with van der Waals surface area (Å²) in [5.41, 5.74) is 0. The van der Waals surface area contributed by atoms with Gasteiger partial charge in [0.05, 0.1) is 0 Å². The van der Waals surface area contributed by atoms with E-state index >= 15 is 0 Å². The van der Waals surface area contributed by atoms with Crippen molar-refractivity contribution in [1.29, 1.82) is 0 Å². The van der Waals surface area contributed by atoms with Gasteiger partial charge in [0.15, 0.2) is 0 Å². The Morgan fingerprint density at radius 1 is 0.500 bits per heavy atom. The Balaban J connectivity index is 6.83. The van der Waals surface area contributed by atoms with E-state index in [1.54, 1.807) is 0 Å². The standard InChI is InChI=1S/C14H39O3P3/c1-9-18(7,10-2,11-3)20(15,16,17)19(8,12-4,13-5)14-6/h15-17H,9-14H2,1-8H3. The molecule has 0 aliphatic carbocycles. The Morgan fingerprint density at radius 3 is 0.750 bits per heavy atom. The van der Waals surface area contributed by atoms with Crippen molar-refractivity contribution in [2.24, 2.45) is 0 Å². The fourth-order valence-electron chi connectivity index (χ4n) is 3.73. The van der Waals surface area contributed by atoms with E-state index in [1.807, 2.05) is 41.5 Å². The Morgan fingerprint density at radius 2 is 0.650 bits per heavy atom. The Kier molecular flexibility index (Phi) is 5.68. The van der Waals surface area contributed by atoms with Gasteiger partial charge in [-0.05, 0) is 0 Å². The first-order chi connectivity index (χ1) is 8.78. The molecular formula is C14H39O3P3. The van der Waals surface area contributed by atoms with Gasteiger partial charge in [-0.25, -0.2) is 0 Å². The van der Waals surface area contributed by atoms with Crippen LogP contribution < -0.4 is 0 Å². The molecule has 0 aromatic heterocycles. The quantitative estimate of drug-likeness (QED) is 0.563. The predicted octanol–water partition coefficient (Wildman–Crippen LogP) is 4.58. The first kappa shape index (κ1) is 21.2. The van der Waals surface area contributed by atoms with Gasteiger partial charge in [0.1, 0.15) is 0 Å². The van der Waals surface area contributed by atoms with Crippen LogP contribution in [-0.4, -0.2) is 65.0 Å². The van der Waals surface area contributed by atoms with E-state index in [-0.39, 0.29) is 0 Å². The van der Waals surface area contributed by atoms with Crippen LogP contribution in [0.1, 0.15) is 41.5 Å². The van der Waals surface area contributed by atoms with Crippen molar-refractivity contribution in [2.45, 2.75) is 41.5 Å². The van der Waals surface area contributed by atoms with Gasteiger partial charge in [-0.1, -0.05) is 0 Å². The van der Waals surface area contributed by atoms with Gasteiger partial charge in [-0.15, -0.1) is 0 Å². The van der Waals surface area contributed by atoms with Crippen molar-refractivity contribution in [1.82, 2.24) is 0 Å². The fraction of sp³-hybridized carbons (Fsp3) is 1.00. The van der Waals surface area contributed by atoms with Gasteiger partial charge in [-0.2, -0.15) is 0 Å². The number of hydrogen-bond acceptors (Lipinski definition) is 3. The van der Waals surface area contributed by atoms with Crippen molar-refractivity contribution in [3.8, 4) is 0 Å². The first-order valence-corrected chi connectivity index (χ1v) is 18.0. The van der Waals surface area contributed by atoms with Crippen LogP contribution in [0.25, 0.3) is 0 Å². The third-order valence-corrected chi connectivity index (χ3v) is 51.5. The van der Waals surface area contributed by atoms with Gasteiger partial charge in [0.25, 0.3) is 0 Å². The van der Waals surface area contributed by atoms with Crippen LogP contribution in [0, 0.1) is 0 Å². The average molecular weight is 348 g/mol. The molecule has 0 saturated carbocycles.